The zero-order chi connectivity index (χ0) is 11.9. The number of hydrogen-bond donors (Lipinski definition) is 2. The van der Waals surface area contributed by atoms with Crippen molar-refractivity contribution in [1.29, 1.82) is 0 Å². The van der Waals surface area contributed by atoms with E-state index in [0.29, 0.717) is 12.5 Å². The molecule has 3 nitrogen and oxygen atoms in total. The van der Waals surface area contributed by atoms with Gasteiger partial charge in [0, 0.05) is 25.6 Å². The Morgan fingerprint density at radius 3 is 2.40 bits per heavy atom. The SMILES string of the molecule is CCC(C)NC(=O)CCNCC(C)(C)C. The molecule has 0 radical (unpaired) electrons. The summed E-state index contributed by atoms with van der Waals surface area (Å²) in [7, 11) is 0. The van der Waals surface area contributed by atoms with Gasteiger partial charge in [0.1, 0.15) is 0 Å². The zero-order valence-corrected chi connectivity index (χ0v) is 10.8. The quantitative estimate of drug-likeness (QED) is 0.663. The topological polar surface area (TPSA) is 41.1 Å². The van der Waals surface area contributed by atoms with Gasteiger partial charge in [-0.15, -0.1) is 0 Å². The normalized spacial score (nSPS) is 13.7. The van der Waals surface area contributed by atoms with E-state index in [1.54, 1.807) is 0 Å². The van der Waals surface area contributed by atoms with Crippen LogP contribution in [0.3, 0.4) is 0 Å². The van der Waals surface area contributed by atoms with Gasteiger partial charge >= 0.3 is 0 Å². The monoisotopic (exact) mass is 214 g/mol. The Morgan fingerprint density at radius 2 is 1.93 bits per heavy atom. The second-order valence-electron chi connectivity index (χ2n) is 5.36. The highest BCUT2D eigenvalue weighted by atomic mass is 16.1. The molecule has 15 heavy (non-hydrogen) atoms. The fraction of sp³-hybridized carbons (Fsp3) is 0.917. The molecule has 0 heterocycles. The van der Waals surface area contributed by atoms with Crippen molar-refractivity contribution in [1.82, 2.24) is 10.6 Å². The number of amides is 1. The second-order valence-corrected chi connectivity index (χ2v) is 5.36. The van der Waals surface area contributed by atoms with E-state index in [2.05, 4.69) is 38.3 Å². The first-order valence-electron chi connectivity index (χ1n) is 5.85. The molecule has 0 saturated carbocycles. The third-order valence-corrected chi connectivity index (χ3v) is 2.20. The molecule has 0 aromatic carbocycles. The maximum absolute atomic E-state index is 11.4. The molecule has 1 unspecified atom stereocenters. The molecule has 2 N–H and O–H groups in total. The molecule has 0 spiro atoms. The smallest absolute Gasteiger partial charge is 0.221 e. The summed E-state index contributed by atoms with van der Waals surface area (Å²) < 4.78 is 0. The third kappa shape index (κ3) is 9.73. The first kappa shape index (κ1) is 14.4. The summed E-state index contributed by atoms with van der Waals surface area (Å²) in [5, 5.41) is 6.23. The Labute approximate surface area is 94.0 Å². The molecular weight excluding hydrogens is 188 g/mol. The molecule has 0 aliphatic carbocycles. The molecule has 0 aliphatic rings. The average Bonchev–Trinajstić information content (AvgIpc) is 2.11. The van der Waals surface area contributed by atoms with Crippen molar-refractivity contribution in [2.45, 2.75) is 53.5 Å². The van der Waals surface area contributed by atoms with Crippen LogP contribution in [-0.2, 0) is 4.79 Å². The highest BCUT2D eigenvalue weighted by Gasteiger charge is 2.09. The first-order valence-corrected chi connectivity index (χ1v) is 5.85. The van der Waals surface area contributed by atoms with Gasteiger partial charge in [0.2, 0.25) is 5.91 Å². The van der Waals surface area contributed by atoms with E-state index < -0.39 is 0 Å². The van der Waals surface area contributed by atoms with Crippen LogP contribution in [0.25, 0.3) is 0 Å². The predicted octanol–water partition coefficient (Wildman–Crippen LogP) is 1.93. The van der Waals surface area contributed by atoms with E-state index in [-0.39, 0.29) is 11.3 Å². The lowest BCUT2D eigenvalue weighted by Crippen LogP contribution is -2.35. The summed E-state index contributed by atoms with van der Waals surface area (Å²) in [5.74, 6) is 0.144. The minimum absolute atomic E-state index is 0.144. The van der Waals surface area contributed by atoms with Crippen LogP contribution in [0, 0.1) is 5.41 Å². The summed E-state index contributed by atoms with van der Waals surface area (Å²) in [4.78, 5) is 11.4. The van der Waals surface area contributed by atoms with E-state index in [1.165, 1.54) is 0 Å². The predicted molar refractivity (Wildman–Crippen MR) is 64.8 cm³/mol. The van der Waals surface area contributed by atoms with Gasteiger partial charge in [-0.1, -0.05) is 27.7 Å². The van der Waals surface area contributed by atoms with E-state index in [4.69, 9.17) is 0 Å². The van der Waals surface area contributed by atoms with Crippen LogP contribution in [0.5, 0.6) is 0 Å². The van der Waals surface area contributed by atoms with Crippen molar-refractivity contribution in [3.8, 4) is 0 Å². The summed E-state index contributed by atoms with van der Waals surface area (Å²) in [5.41, 5.74) is 0.285. The molecule has 1 atom stereocenters. The molecular formula is C12H26N2O. The zero-order valence-electron chi connectivity index (χ0n) is 10.8. The number of hydrogen-bond acceptors (Lipinski definition) is 2. The van der Waals surface area contributed by atoms with Crippen LogP contribution in [0.2, 0.25) is 0 Å². The minimum atomic E-state index is 0.144. The number of carbonyl (C=O) groups excluding carboxylic acids is 1. The summed E-state index contributed by atoms with van der Waals surface area (Å²) >= 11 is 0. The Bertz CT molecular complexity index is 185. The van der Waals surface area contributed by atoms with Gasteiger partial charge in [-0.2, -0.15) is 0 Å². The summed E-state index contributed by atoms with van der Waals surface area (Å²) in [6.07, 6.45) is 1.56. The molecule has 0 aromatic rings. The van der Waals surface area contributed by atoms with E-state index in [1.807, 2.05) is 6.92 Å². The largest absolute Gasteiger partial charge is 0.354 e. The Hall–Kier alpha value is -0.570. The van der Waals surface area contributed by atoms with Gasteiger partial charge in [-0.3, -0.25) is 4.79 Å². The second kappa shape index (κ2) is 6.83. The lowest BCUT2D eigenvalue weighted by Gasteiger charge is -2.18. The lowest BCUT2D eigenvalue weighted by atomic mass is 9.97. The van der Waals surface area contributed by atoms with Gasteiger partial charge in [0.25, 0.3) is 0 Å². The van der Waals surface area contributed by atoms with Gasteiger partial charge in [-0.05, 0) is 18.8 Å². The summed E-state index contributed by atoms with van der Waals surface area (Å²) in [6, 6.07) is 0.292. The fourth-order valence-corrected chi connectivity index (χ4v) is 1.11. The summed E-state index contributed by atoms with van der Waals surface area (Å²) in [6.45, 7) is 12.4. The maximum Gasteiger partial charge on any atom is 0.221 e. The standard InChI is InChI=1S/C12H26N2O/c1-6-10(2)14-11(15)7-8-13-9-12(3,4)5/h10,13H,6-9H2,1-5H3,(H,14,15). The molecule has 0 aliphatic heterocycles. The number of nitrogens with one attached hydrogen (secondary N) is 2. The van der Waals surface area contributed by atoms with E-state index in [9.17, 15) is 4.79 Å². The molecule has 0 fully saturated rings. The first-order chi connectivity index (χ1) is 6.85. The van der Waals surface area contributed by atoms with Crippen LogP contribution < -0.4 is 10.6 Å². The van der Waals surface area contributed by atoms with Crippen LogP contribution in [0.15, 0.2) is 0 Å². The van der Waals surface area contributed by atoms with Gasteiger partial charge in [0.15, 0.2) is 0 Å². The van der Waals surface area contributed by atoms with Crippen molar-refractivity contribution < 1.29 is 4.79 Å². The van der Waals surface area contributed by atoms with Crippen LogP contribution in [-0.4, -0.2) is 25.0 Å². The van der Waals surface area contributed by atoms with Gasteiger partial charge < -0.3 is 10.6 Å². The number of rotatable bonds is 6. The van der Waals surface area contributed by atoms with Crippen molar-refractivity contribution >= 4 is 5.91 Å². The molecule has 0 rings (SSSR count). The van der Waals surface area contributed by atoms with Crippen molar-refractivity contribution in [3.05, 3.63) is 0 Å². The molecule has 1 amide bonds. The maximum atomic E-state index is 11.4. The highest BCUT2D eigenvalue weighted by molar-refractivity contribution is 5.76. The Kier molecular flexibility index (Phi) is 6.57. The van der Waals surface area contributed by atoms with Crippen LogP contribution in [0.4, 0.5) is 0 Å². The van der Waals surface area contributed by atoms with Crippen LogP contribution in [0.1, 0.15) is 47.5 Å². The van der Waals surface area contributed by atoms with Gasteiger partial charge in [0.05, 0.1) is 0 Å². The lowest BCUT2D eigenvalue weighted by molar-refractivity contribution is -0.121. The fourth-order valence-electron chi connectivity index (χ4n) is 1.11. The van der Waals surface area contributed by atoms with E-state index in [0.717, 1.165) is 19.5 Å². The molecule has 90 valence electrons. The van der Waals surface area contributed by atoms with E-state index >= 15 is 0 Å². The van der Waals surface area contributed by atoms with Gasteiger partial charge in [-0.25, -0.2) is 0 Å². The molecule has 3 heteroatoms. The highest BCUT2D eigenvalue weighted by Crippen LogP contribution is 2.09. The Balaban J connectivity index is 3.48. The average molecular weight is 214 g/mol. The molecule has 0 bridgehead atoms. The van der Waals surface area contributed by atoms with Crippen molar-refractivity contribution in [2.75, 3.05) is 13.1 Å². The van der Waals surface area contributed by atoms with Crippen molar-refractivity contribution in [3.63, 3.8) is 0 Å². The van der Waals surface area contributed by atoms with Crippen LogP contribution >= 0.6 is 0 Å². The molecule has 0 aromatic heterocycles. The number of carbonyl (C=O) groups is 1. The third-order valence-electron chi connectivity index (χ3n) is 2.20. The Morgan fingerprint density at radius 1 is 1.33 bits per heavy atom. The van der Waals surface area contributed by atoms with Crippen molar-refractivity contribution in [2.24, 2.45) is 5.41 Å². The minimum Gasteiger partial charge on any atom is -0.354 e. The molecule has 0 saturated heterocycles.